The highest BCUT2D eigenvalue weighted by atomic mass is 32.2. The van der Waals surface area contributed by atoms with E-state index in [1.165, 1.54) is 28.6 Å². The summed E-state index contributed by atoms with van der Waals surface area (Å²) in [6.07, 6.45) is 0. The van der Waals surface area contributed by atoms with Crippen LogP contribution in [0.4, 0.5) is 8.78 Å². The Morgan fingerprint density at radius 1 is 1.10 bits per heavy atom. The van der Waals surface area contributed by atoms with Gasteiger partial charge in [-0.15, -0.1) is 10.2 Å². The van der Waals surface area contributed by atoms with E-state index in [0.717, 1.165) is 5.56 Å². The Morgan fingerprint density at radius 3 is 2.40 bits per heavy atom. The van der Waals surface area contributed by atoms with E-state index in [1.807, 2.05) is 37.3 Å². The molecule has 0 aliphatic carbocycles. The zero-order chi connectivity index (χ0) is 21.7. The number of nitrogens with zero attached hydrogens (tertiary/aromatic N) is 3. The number of alkyl halides is 2. The minimum absolute atomic E-state index is 0.0317. The predicted molar refractivity (Wildman–Crippen MR) is 111 cm³/mol. The number of benzene rings is 2. The summed E-state index contributed by atoms with van der Waals surface area (Å²) in [4.78, 5) is 12.5. The average molecular weight is 433 g/mol. The van der Waals surface area contributed by atoms with Gasteiger partial charge in [-0.2, -0.15) is 8.78 Å². The van der Waals surface area contributed by atoms with E-state index in [0.29, 0.717) is 16.5 Å². The second-order valence-corrected chi connectivity index (χ2v) is 7.79. The molecule has 2 unspecified atom stereocenters. The SMILES string of the molecule is CC(Sc1nnc(-c2ccc(OC(F)F)cc2)n1N)C(=O)NC(C)c1ccccc1. The van der Waals surface area contributed by atoms with Gasteiger partial charge in [-0.25, -0.2) is 4.68 Å². The van der Waals surface area contributed by atoms with Crippen LogP contribution in [0.2, 0.25) is 0 Å². The van der Waals surface area contributed by atoms with Gasteiger partial charge in [0.2, 0.25) is 11.1 Å². The topological polar surface area (TPSA) is 95.1 Å². The fourth-order valence-electron chi connectivity index (χ4n) is 2.71. The molecule has 0 spiro atoms. The van der Waals surface area contributed by atoms with Gasteiger partial charge in [-0.1, -0.05) is 42.1 Å². The first-order valence-corrected chi connectivity index (χ1v) is 10.0. The van der Waals surface area contributed by atoms with Crippen molar-refractivity contribution in [2.75, 3.05) is 5.84 Å². The standard InChI is InChI=1S/C20H21F2N5O2S/c1-12(14-6-4-3-5-7-14)24-18(28)13(2)30-20-26-25-17(27(20)23)15-8-10-16(11-9-15)29-19(21)22/h3-13,19H,23H2,1-2H3,(H,24,28). The number of halogens is 2. The number of nitrogens with two attached hydrogens (primary N) is 1. The monoisotopic (exact) mass is 433 g/mol. The lowest BCUT2D eigenvalue weighted by atomic mass is 10.1. The number of hydrogen-bond acceptors (Lipinski definition) is 6. The first-order chi connectivity index (χ1) is 14.3. The highest BCUT2D eigenvalue weighted by molar-refractivity contribution is 8.00. The van der Waals surface area contributed by atoms with Crippen molar-refractivity contribution in [1.82, 2.24) is 20.2 Å². The van der Waals surface area contributed by atoms with E-state index in [2.05, 4.69) is 20.3 Å². The number of amides is 1. The molecule has 3 N–H and O–H groups in total. The molecule has 0 bridgehead atoms. The molecule has 1 aromatic heterocycles. The van der Waals surface area contributed by atoms with Crippen LogP contribution in [0.25, 0.3) is 11.4 Å². The minimum atomic E-state index is -2.89. The fourth-order valence-corrected chi connectivity index (χ4v) is 3.49. The van der Waals surface area contributed by atoms with Crippen LogP contribution in [0.5, 0.6) is 5.75 Å². The maximum Gasteiger partial charge on any atom is 0.387 e. The zero-order valence-corrected chi connectivity index (χ0v) is 17.1. The molecular weight excluding hydrogens is 412 g/mol. The third-order valence-corrected chi connectivity index (χ3v) is 5.37. The molecule has 30 heavy (non-hydrogen) atoms. The molecule has 0 fully saturated rings. The molecule has 3 aromatic rings. The van der Waals surface area contributed by atoms with Gasteiger partial charge < -0.3 is 15.9 Å². The van der Waals surface area contributed by atoms with Crippen LogP contribution in [0, 0.1) is 0 Å². The van der Waals surface area contributed by atoms with Crippen molar-refractivity contribution in [3.8, 4) is 17.1 Å². The summed E-state index contributed by atoms with van der Waals surface area (Å²) in [5, 5.41) is 10.9. The summed E-state index contributed by atoms with van der Waals surface area (Å²) < 4.78 is 30.1. The van der Waals surface area contributed by atoms with Crippen LogP contribution in [-0.2, 0) is 4.79 Å². The molecule has 1 heterocycles. The number of carbonyl (C=O) groups is 1. The molecule has 0 saturated carbocycles. The maximum absolute atomic E-state index is 12.5. The third-order valence-electron chi connectivity index (χ3n) is 4.31. The van der Waals surface area contributed by atoms with Gasteiger partial charge in [0.05, 0.1) is 11.3 Å². The lowest BCUT2D eigenvalue weighted by molar-refractivity contribution is -0.120. The molecule has 7 nitrogen and oxygen atoms in total. The van der Waals surface area contributed by atoms with Gasteiger partial charge in [0.1, 0.15) is 5.75 Å². The summed E-state index contributed by atoms with van der Waals surface area (Å²) in [6.45, 7) is 0.771. The van der Waals surface area contributed by atoms with E-state index in [-0.39, 0.29) is 17.7 Å². The van der Waals surface area contributed by atoms with E-state index in [4.69, 9.17) is 5.84 Å². The van der Waals surface area contributed by atoms with Gasteiger partial charge >= 0.3 is 6.61 Å². The Labute approximate surface area is 176 Å². The number of carbonyl (C=O) groups excluding carboxylic acids is 1. The van der Waals surface area contributed by atoms with E-state index in [1.54, 1.807) is 19.1 Å². The van der Waals surface area contributed by atoms with Gasteiger partial charge in [0.25, 0.3) is 0 Å². The van der Waals surface area contributed by atoms with Crippen LogP contribution in [0.3, 0.4) is 0 Å². The number of hydrogen-bond donors (Lipinski definition) is 2. The van der Waals surface area contributed by atoms with Crippen molar-refractivity contribution in [2.24, 2.45) is 0 Å². The summed E-state index contributed by atoms with van der Waals surface area (Å²) in [7, 11) is 0. The summed E-state index contributed by atoms with van der Waals surface area (Å²) in [5.41, 5.74) is 1.58. The molecule has 10 heteroatoms. The summed E-state index contributed by atoms with van der Waals surface area (Å²) in [5.74, 6) is 6.30. The van der Waals surface area contributed by atoms with E-state index >= 15 is 0 Å². The van der Waals surface area contributed by atoms with Crippen molar-refractivity contribution in [2.45, 2.75) is 36.9 Å². The highest BCUT2D eigenvalue weighted by Crippen LogP contribution is 2.26. The molecule has 0 aliphatic rings. The van der Waals surface area contributed by atoms with Crippen molar-refractivity contribution in [1.29, 1.82) is 0 Å². The number of aromatic nitrogens is 3. The van der Waals surface area contributed by atoms with Crippen LogP contribution < -0.4 is 15.9 Å². The smallest absolute Gasteiger partial charge is 0.387 e. The Hall–Kier alpha value is -3.14. The predicted octanol–water partition coefficient (Wildman–Crippen LogP) is 3.62. The lowest BCUT2D eigenvalue weighted by Crippen LogP contribution is -2.33. The number of rotatable bonds is 8. The van der Waals surface area contributed by atoms with Crippen molar-refractivity contribution < 1.29 is 18.3 Å². The average Bonchev–Trinajstić information content (AvgIpc) is 3.09. The Morgan fingerprint density at radius 2 is 1.77 bits per heavy atom. The fraction of sp³-hybridized carbons (Fsp3) is 0.250. The molecule has 0 saturated heterocycles. The second kappa shape index (κ2) is 9.57. The Bertz CT molecular complexity index is 983. The van der Waals surface area contributed by atoms with Gasteiger partial charge in [-0.05, 0) is 43.7 Å². The van der Waals surface area contributed by atoms with Crippen LogP contribution in [0.1, 0.15) is 25.5 Å². The van der Waals surface area contributed by atoms with E-state index < -0.39 is 11.9 Å². The molecule has 1 amide bonds. The summed E-state index contributed by atoms with van der Waals surface area (Å²) in [6, 6.07) is 15.4. The molecule has 2 atom stereocenters. The molecule has 3 rings (SSSR count). The van der Waals surface area contributed by atoms with Crippen LogP contribution in [-0.4, -0.2) is 32.6 Å². The van der Waals surface area contributed by atoms with Crippen LogP contribution in [0.15, 0.2) is 59.8 Å². The van der Waals surface area contributed by atoms with Gasteiger partial charge in [0.15, 0.2) is 5.82 Å². The molecule has 2 aromatic carbocycles. The lowest BCUT2D eigenvalue weighted by Gasteiger charge is -2.17. The van der Waals surface area contributed by atoms with Crippen molar-refractivity contribution >= 4 is 17.7 Å². The highest BCUT2D eigenvalue weighted by Gasteiger charge is 2.21. The molecule has 158 valence electrons. The van der Waals surface area contributed by atoms with Gasteiger partial charge in [0, 0.05) is 5.56 Å². The maximum atomic E-state index is 12.5. The number of nitrogens with one attached hydrogen (secondary N) is 1. The van der Waals surface area contributed by atoms with Crippen molar-refractivity contribution in [3.63, 3.8) is 0 Å². The quantitative estimate of drug-likeness (QED) is 0.416. The largest absolute Gasteiger partial charge is 0.435 e. The van der Waals surface area contributed by atoms with Gasteiger partial charge in [-0.3, -0.25) is 4.79 Å². The van der Waals surface area contributed by atoms with Crippen LogP contribution >= 0.6 is 11.8 Å². The number of nitrogen functional groups attached to an aromatic ring is 1. The zero-order valence-electron chi connectivity index (χ0n) is 16.3. The number of thioether (sulfide) groups is 1. The van der Waals surface area contributed by atoms with Crippen molar-refractivity contribution in [3.05, 3.63) is 60.2 Å². The first-order valence-electron chi connectivity index (χ1n) is 9.13. The molecule has 0 aliphatic heterocycles. The first kappa shape index (κ1) is 21.6. The molecular formula is C20H21F2N5O2S. The number of ether oxygens (including phenoxy) is 1. The molecule has 0 radical (unpaired) electrons. The third kappa shape index (κ3) is 5.26. The Balaban J connectivity index is 1.64. The minimum Gasteiger partial charge on any atom is -0.435 e. The van der Waals surface area contributed by atoms with E-state index in [9.17, 15) is 13.6 Å². The summed E-state index contributed by atoms with van der Waals surface area (Å²) >= 11 is 1.17. The second-order valence-electron chi connectivity index (χ2n) is 6.48. The normalized spacial score (nSPS) is 13.1. The Kier molecular flexibility index (Phi) is 6.88.